The average Bonchev–Trinajstić information content (AvgIpc) is 2.60. The first kappa shape index (κ1) is 17.0. The van der Waals surface area contributed by atoms with E-state index in [0.29, 0.717) is 0 Å². The predicted molar refractivity (Wildman–Crippen MR) is 89.7 cm³/mol. The molecule has 2 aromatic carbocycles. The quantitative estimate of drug-likeness (QED) is 0.446. The highest BCUT2D eigenvalue weighted by atomic mass is 16.5. The van der Waals surface area contributed by atoms with E-state index in [1.807, 2.05) is 36.4 Å². The van der Waals surface area contributed by atoms with Gasteiger partial charge in [-0.05, 0) is 54.5 Å². The SMILES string of the molecule is COc1ccc(CCCCc2ccc(CC(=O)NO)cc2)cc1. The first-order valence-corrected chi connectivity index (χ1v) is 7.85. The van der Waals surface area contributed by atoms with E-state index in [-0.39, 0.29) is 6.42 Å². The lowest BCUT2D eigenvalue weighted by Gasteiger charge is -2.05. The van der Waals surface area contributed by atoms with Crippen molar-refractivity contribution in [2.45, 2.75) is 32.1 Å². The van der Waals surface area contributed by atoms with Gasteiger partial charge in [0.05, 0.1) is 13.5 Å². The van der Waals surface area contributed by atoms with Crippen molar-refractivity contribution in [2.24, 2.45) is 0 Å². The van der Waals surface area contributed by atoms with E-state index >= 15 is 0 Å². The summed E-state index contributed by atoms with van der Waals surface area (Å²) in [6, 6.07) is 16.2. The molecule has 0 radical (unpaired) electrons. The molecule has 2 aromatic rings. The minimum Gasteiger partial charge on any atom is -0.497 e. The van der Waals surface area contributed by atoms with Gasteiger partial charge in [-0.3, -0.25) is 10.0 Å². The van der Waals surface area contributed by atoms with Gasteiger partial charge in [0, 0.05) is 0 Å². The molecule has 2 rings (SSSR count). The predicted octanol–water partition coefficient (Wildman–Crippen LogP) is 3.31. The number of carbonyl (C=O) groups is 1. The van der Waals surface area contributed by atoms with Gasteiger partial charge in [-0.2, -0.15) is 0 Å². The van der Waals surface area contributed by atoms with Crippen molar-refractivity contribution in [3.05, 3.63) is 65.2 Å². The molecule has 0 aliphatic rings. The smallest absolute Gasteiger partial charge is 0.247 e. The molecule has 0 saturated carbocycles. The molecule has 1 amide bonds. The number of ether oxygens (including phenoxy) is 1. The standard InChI is InChI=1S/C19H23NO3/c1-23-18-12-10-16(11-13-18)5-3-2-4-15-6-8-17(9-7-15)14-19(21)20-22/h6-13,22H,2-5,14H2,1H3,(H,20,21). The first-order valence-electron chi connectivity index (χ1n) is 7.85. The molecule has 0 aliphatic carbocycles. The van der Waals surface area contributed by atoms with E-state index in [9.17, 15) is 4.79 Å². The lowest BCUT2D eigenvalue weighted by Crippen LogP contribution is -2.20. The minimum absolute atomic E-state index is 0.203. The van der Waals surface area contributed by atoms with E-state index in [1.54, 1.807) is 12.6 Å². The van der Waals surface area contributed by atoms with Crippen LogP contribution >= 0.6 is 0 Å². The topological polar surface area (TPSA) is 58.6 Å². The van der Waals surface area contributed by atoms with Crippen LogP contribution < -0.4 is 10.2 Å². The summed E-state index contributed by atoms with van der Waals surface area (Å²) >= 11 is 0. The Labute approximate surface area is 137 Å². The van der Waals surface area contributed by atoms with Gasteiger partial charge in [0.2, 0.25) is 5.91 Å². The maximum Gasteiger partial charge on any atom is 0.247 e. The molecule has 122 valence electrons. The lowest BCUT2D eigenvalue weighted by atomic mass is 10.0. The van der Waals surface area contributed by atoms with Crippen LogP contribution in [-0.4, -0.2) is 18.2 Å². The van der Waals surface area contributed by atoms with Crippen LogP contribution in [0.25, 0.3) is 0 Å². The van der Waals surface area contributed by atoms with Crippen LogP contribution in [0.3, 0.4) is 0 Å². The summed E-state index contributed by atoms with van der Waals surface area (Å²) in [5.74, 6) is 0.501. The van der Waals surface area contributed by atoms with Gasteiger partial charge >= 0.3 is 0 Å². The Bertz CT molecular complexity index is 606. The van der Waals surface area contributed by atoms with Crippen LogP contribution in [0.1, 0.15) is 29.5 Å². The van der Waals surface area contributed by atoms with Crippen LogP contribution in [0.2, 0.25) is 0 Å². The number of rotatable bonds is 8. The summed E-state index contributed by atoms with van der Waals surface area (Å²) < 4.78 is 5.15. The molecule has 4 heteroatoms. The maximum atomic E-state index is 11.1. The highest BCUT2D eigenvalue weighted by Crippen LogP contribution is 2.14. The molecule has 0 saturated heterocycles. The second kappa shape index (κ2) is 8.96. The third-order valence-corrected chi connectivity index (χ3v) is 3.85. The molecule has 0 atom stereocenters. The summed E-state index contributed by atoms with van der Waals surface area (Å²) in [5, 5.41) is 8.51. The van der Waals surface area contributed by atoms with Gasteiger partial charge in [0.15, 0.2) is 0 Å². The van der Waals surface area contributed by atoms with Crippen molar-refractivity contribution in [1.29, 1.82) is 0 Å². The zero-order valence-corrected chi connectivity index (χ0v) is 13.4. The number of hydroxylamine groups is 1. The highest BCUT2D eigenvalue weighted by molar-refractivity contribution is 5.77. The fourth-order valence-corrected chi connectivity index (χ4v) is 2.50. The number of methoxy groups -OCH3 is 1. The molecule has 0 unspecified atom stereocenters. The van der Waals surface area contributed by atoms with E-state index in [1.165, 1.54) is 11.1 Å². The Balaban J connectivity index is 1.72. The van der Waals surface area contributed by atoms with Gasteiger partial charge in [0.1, 0.15) is 5.75 Å². The number of hydrogen-bond donors (Lipinski definition) is 2. The summed E-state index contributed by atoms with van der Waals surface area (Å²) in [6.07, 6.45) is 4.57. The monoisotopic (exact) mass is 313 g/mol. The number of nitrogens with one attached hydrogen (secondary N) is 1. The number of amides is 1. The normalized spacial score (nSPS) is 10.3. The third-order valence-electron chi connectivity index (χ3n) is 3.85. The fourth-order valence-electron chi connectivity index (χ4n) is 2.50. The summed E-state index contributed by atoms with van der Waals surface area (Å²) in [5.41, 5.74) is 5.15. The third kappa shape index (κ3) is 5.75. The summed E-state index contributed by atoms with van der Waals surface area (Å²) in [4.78, 5) is 11.1. The minimum atomic E-state index is -0.391. The maximum absolute atomic E-state index is 11.1. The number of benzene rings is 2. The molecule has 23 heavy (non-hydrogen) atoms. The number of unbranched alkanes of at least 4 members (excludes halogenated alkanes) is 1. The first-order chi connectivity index (χ1) is 11.2. The lowest BCUT2D eigenvalue weighted by molar-refractivity contribution is -0.128. The number of aryl methyl sites for hydroxylation is 2. The van der Waals surface area contributed by atoms with Crippen LogP contribution in [0.5, 0.6) is 5.75 Å². The van der Waals surface area contributed by atoms with Gasteiger partial charge < -0.3 is 4.74 Å². The van der Waals surface area contributed by atoms with Crippen molar-refractivity contribution >= 4 is 5.91 Å². The fraction of sp³-hybridized carbons (Fsp3) is 0.316. The van der Waals surface area contributed by atoms with Crippen molar-refractivity contribution in [3.8, 4) is 5.75 Å². The van der Waals surface area contributed by atoms with Crippen molar-refractivity contribution in [1.82, 2.24) is 5.48 Å². The zero-order valence-electron chi connectivity index (χ0n) is 13.4. The molecular formula is C19H23NO3. The largest absolute Gasteiger partial charge is 0.497 e. The molecule has 0 aliphatic heterocycles. The number of hydrogen-bond acceptors (Lipinski definition) is 3. The Kier molecular flexibility index (Phi) is 6.63. The zero-order chi connectivity index (χ0) is 16.5. The molecule has 0 bridgehead atoms. The van der Waals surface area contributed by atoms with E-state index in [4.69, 9.17) is 9.94 Å². The Hall–Kier alpha value is -2.33. The van der Waals surface area contributed by atoms with Crippen LogP contribution in [-0.2, 0) is 24.1 Å². The van der Waals surface area contributed by atoms with Gasteiger partial charge in [-0.25, -0.2) is 5.48 Å². The summed E-state index contributed by atoms with van der Waals surface area (Å²) in [7, 11) is 1.68. The molecular weight excluding hydrogens is 290 g/mol. The van der Waals surface area contributed by atoms with Crippen molar-refractivity contribution in [3.63, 3.8) is 0 Å². The van der Waals surface area contributed by atoms with Gasteiger partial charge in [-0.15, -0.1) is 0 Å². The Morgan fingerprint density at radius 1 is 0.913 bits per heavy atom. The van der Waals surface area contributed by atoms with Crippen molar-refractivity contribution < 1.29 is 14.7 Å². The van der Waals surface area contributed by atoms with Gasteiger partial charge in [0.25, 0.3) is 0 Å². The van der Waals surface area contributed by atoms with Gasteiger partial charge in [-0.1, -0.05) is 36.4 Å². The second-order valence-corrected chi connectivity index (χ2v) is 5.58. The number of carbonyl (C=O) groups excluding carboxylic acids is 1. The Morgan fingerprint density at radius 3 is 1.87 bits per heavy atom. The highest BCUT2D eigenvalue weighted by Gasteiger charge is 2.02. The van der Waals surface area contributed by atoms with E-state index in [0.717, 1.165) is 37.0 Å². The summed E-state index contributed by atoms with van der Waals surface area (Å²) in [6.45, 7) is 0. The second-order valence-electron chi connectivity index (χ2n) is 5.58. The average molecular weight is 313 g/mol. The van der Waals surface area contributed by atoms with E-state index in [2.05, 4.69) is 12.1 Å². The molecule has 0 heterocycles. The van der Waals surface area contributed by atoms with E-state index < -0.39 is 5.91 Å². The molecule has 0 spiro atoms. The van der Waals surface area contributed by atoms with Crippen LogP contribution in [0, 0.1) is 0 Å². The van der Waals surface area contributed by atoms with Crippen LogP contribution in [0.15, 0.2) is 48.5 Å². The van der Waals surface area contributed by atoms with Crippen molar-refractivity contribution in [2.75, 3.05) is 7.11 Å². The molecule has 0 fully saturated rings. The molecule has 0 aromatic heterocycles. The molecule has 4 nitrogen and oxygen atoms in total. The molecule has 2 N–H and O–H groups in total. The van der Waals surface area contributed by atoms with Crippen LogP contribution in [0.4, 0.5) is 0 Å². The Morgan fingerprint density at radius 2 is 1.39 bits per heavy atom.